The number of benzene rings is 2. The van der Waals surface area contributed by atoms with Crippen LogP contribution in [0.1, 0.15) is 86.8 Å². The van der Waals surface area contributed by atoms with Gasteiger partial charge in [0.1, 0.15) is 17.6 Å². The first-order valence-corrected chi connectivity index (χ1v) is 15.4. The van der Waals surface area contributed by atoms with Crippen molar-refractivity contribution < 1.29 is 19.1 Å². The zero-order chi connectivity index (χ0) is 27.4. The van der Waals surface area contributed by atoms with Crippen LogP contribution in [-0.4, -0.2) is 72.2 Å². The van der Waals surface area contributed by atoms with Crippen LogP contribution in [-0.2, 0) is 24.5 Å². The van der Waals surface area contributed by atoms with Crippen molar-refractivity contribution in [3.63, 3.8) is 0 Å². The van der Waals surface area contributed by atoms with Crippen molar-refractivity contribution in [2.24, 2.45) is 0 Å². The number of hydrogen-bond acceptors (Lipinski definition) is 6. The summed E-state index contributed by atoms with van der Waals surface area (Å²) in [5.41, 5.74) is 1.84. The Kier molecular flexibility index (Phi) is 6.74. The van der Waals surface area contributed by atoms with Crippen molar-refractivity contribution in [3.05, 3.63) is 71.3 Å². The molecule has 7 rings (SSSR count). The van der Waals surface area contributed by atoms with Crippen LogP contribution in [0.4, 0.5) is 0 Å². The highest BCUT2D eigenvalue weighted by Crippen LogP contribution is 2.49. The third-order valence-electron chi connectivity index (χ3n) is 11.2. The van der Waals surface area contributed by atoms with E-state index in [-0.39, 0.29) is 30.1 Å². The second-order valence-electron chi connectivity index (χ2n) is 13.1. The number of ether oxygens (including phenoxy) is 2. The Morgan fingerprint density at radius 2 is 1.23 bits per heavy atom. The van der Waals surface area contributed by atoms with Crippen molar-refractivity contribution in [2.45, 2.75) is 112 Å². The number of hydrogen-bond donors (Lipinski definition) is 0. The molecule has 2 aromatic rings. The molecule has 0 N–H and O–H groups in total. The molecule has 0 amide bonds. The van der Waals surface area contributed by atoms with E-state index in [1.54, 1.807) is 0 Å². The number of carbonyl (C=O) groups excluding carboxylic acids is 2. The van der Waals surface area contributed by atoms with Crippen LogP contribution >= 0.6 is 0 Å². The van der Waals surface area contributed by atoms with Crippen LogP contribution in [0.25, 0.3) is 0 Å². The number of fused-ring (bicyclic) bond motifs is 5. The van der Waals surface area contributed by atoms with Crippen molar-refractivity contribution in [1.29, 1.82) is 0 Å². The molecule has 5 aliphatic rings. The van der Waals surface area contributed by atoms with E-state index in [0.29, 0.717) is 37.0 Å². The van der Waals surface area contributed by atoms with Gasteiger partial charge >= 0.3 is 11.9 Å². The summed E-state index contributed by atoms with van der Waals surface area (Å²) in [6, 6.07) is 20.1. The van der Waals surface area contributed by atoms with Crippen LogP contribution in [0.5, 0.6) is 0 Å². The van der Waals surface area contributed by atoms with E-state index in [1.807, 2.05) is 54.6 Å². The van der Waals surface area contributed by atoms with E-state index in [4.69, 9.17) is 9.47 Å². The monoisotopic (exact) mass is 542 g/mol. The maximum Gasteiger partial charge on any atom is 0.321 e. The van der Waals surface area contributed by atoms with E-state index in [0.717, 1.165) is 42.4 Å². The fourth-order valence-corrected chi connectivity index (χ4v) is 8.85. The molecule has 6 heteroatoms. The lowest BCUT2D eigenvalue weighted by Gasteiger charge is -2.42. The van der Waals surface area contributed by atoms with Crippen molar-refractivity contribution >= 4 is 11.9 Å². The maximum absolute atomic E-state index is 14.4. The van der Waals surface area contributed by atoms with Gasteiger partial charge in [0.2, 0.25) is 0 Å². The van der Waals surface area contributed by atoms with Crippen molar-refractivity contribution in [1.82, 2.24) is 9.80 Å². The summed E-state index contributed by atoms with van der Waals surface area (Å²) >= 11 is 0. The van der Waals surface area contributed by atoms with E-state index >= 15 is 0 Å². The highest BCUT2D eigenvalue weighted by atomic mass is 16.5. The molecule has 212 valence electrons. The molecule has 1 unspecified atom stereocenters. The zero-order valence-electron chi connectivity index (χ0n) is 23.8. The third kappa shape index (κ3) is 4.30. The van der Waals surface area contributed by atoms with Gasteiger partial charge in [0.15, 0.2) is 0 Å². The van der Waals surface area contributed by atoms with Crippen LogP contribution in [0, 0.1) is 0 Å². The fourth-order valence-electron chi connectivity index (χ4n) is 8.85. The lowest BCUT2D eigenvalue weighted by Crippen LogP contribution is -2.48. The van der Waals surface area contributed by atoms with Gasteiger partial charge in [-0.25, -0.2) is 0 Å². The standard InChI is InChI=1S/C34H42N2O4/c1-35-23-12-13-24(35)19-27(18-23)39-32(37)30-16-17-34(22-8-4-3-5-9-22,31-11-7-6-10-29(30)31)33(38)40-28-20-25-14-15-26(21-28)36(25)2/h3-11,23-28,30H,12-21H2,1-2H3/t23-,24-,25-,26+,28?,30+,34-/m0/s1. The van der Waals surface area contributed by atoms with Gasteiger partial charge in [-0.1, -0.05) is 54.6 Å². The topological polar surface area (TPSA) is 59.1 Å². The van der Waals surface area contributed by atoms with Gasteiger partial charge in [-0.2, -0.15) is 0 Å². The van der Waals surface area contributed by atoms with Crippen LogP contribution in [0.15, 0.2) is 54.6 Å². The Hall–Kier alpha value is -2.70. The first kappa shape index (κ1) is 26.2. The average molecular weight is 543 g/mol. The van der Waals surface area contributed by atoms with Gasteiger partial charge in [0.05, 0.1) is 5.92 Å². The maximum atomic E-state index is 14.4. The largest absolute Gasteiger partial charge is 0.462 e. The Morgan fingerprint density at radius 1 is 0.700 bits per heavy atom. The minimum Gasteiger partial charge on any atom is -0.462 e. The summed E-state index contributed by atoms with van der Waals surface area (Å²) in [6.07, 6.45) is 9.44. The number of carbonyl (C=O) groups is 2. The SMILES string of the molecule is CN1[C@H]2CC[C@H]1CC(OC(=O)[C@@H]1CC[C@](C(=O)OC3C[C@H]4CC[C@@H](C3)N4C)(c3ccccc3)c3ccccc31)C2. The van der Waals surface area contributed by atoms with E-state index in [1.165, 1.54) is 25.7 Å². The fraction of sp³-hybridized carbons (Fsp3) is 0.588. The predicted molar refractivity (Wildman–Crippen MR) is 153 cm³/mol. The third-order valence-corrected chi connectivity index (χ3v) is 11.2. The van der Waals surface area contributed by atoms with Crippen LogP contribution < -0.4 is 0 Å². The lowest BCUT2D eigenvalue weighted by molar-refractivity contribution is -0.160. The van der Waals surface area contributed by atoms with E-state index in [9.17, 15) is 9.59 Å². The summed E-state index contributed by atoms with van der Waals surface area (Å²) < 4.78 is 12.7. The van der Waals surface area contributed by atoms with E-state index < -0.39 is 5.41 Å². The highest BCUT2D eigenvalue weighted by Gasteiger charge is 2.52. The molecule has 0 spiro atoms. The molecule has 40 heavy (non-hydrogen) atoms. The van der Waals surface area contributed by atoms with Gasteiger partial charge in [-0.15, -0.1) is 0 Å². The summed E-state index contributed by atoms with van der Waals surface area (Å²) in [4.78, 5) is 33.1. The summed E-state index contributed by atoms with van der Waals surface area (Å²) in [6.45, 7) is 0. The second-order valence-corrected chi connectivity index (χ2v) is 13.1. The molecule has 0 saturated carbocycles. The first-order chi connectivity index (χ1) is 19.4. The number of esters is 2. The summed E-state index contributed by atoms with van der Waals surface area (Å²) in [5.74, 6) is -0.667. The Bertz CT molecular complexity index is 1240. The molecule has 0 aromatic heterocycles. The molecule has 1 aliphatic carbocycles. The zero-order valence-corrected chi connectivity index (χ0v) is 23.8. The Balaban J connectivity index is 1.18. The quantitative estimate of drug-likeness (QED) is 0.485. The summed E-state index contributed by atoms with van der Waals surface area (Å²) in [7, 11) is 4.41. The van der Waals surface area contributed by atoms with Gasteiger partial charge in [0.25, 0.3) is 0 Å². The molecule has 4 heterocycles. The average Bonchev–Trinajstić information content (AvgIpc) is 3.28. The number of rotatable bonds is 5. The lowest BCUT2D eigenvalue weighted by atomic mass is 9.63. The van der Waals surface area contributed by atoms with E-state index in [2.05, 4.69) is 23.9 Å². The molecule has 4 aliphatic heterocycles. The Morgan fingerprint density at radius 3 is 1.82 bits per heavy atom. The molecular formula is C34H42N2O4. The normalized spacial score (nSPS) is 37.1. The molecule has 4 bridgehead atoms. The van der Waals surface area contributed by atoms with Crippen LogP contribution in [0.3, 0.4) is 0 Å². The molecule has 0 radical (unpaired) electrons. The van der Waals surface area contributed by atoms with Gasteiger partial charge in [-0.3, -0.25) is 9.59 Å². The van der Waals surface area contributed by atoms with Gasteiger partial charge in [-0.05, 0) is 95.0 Å². The Labute approximate surface area is 238 Å². The highest BCUT2D eigenvalue weighted by molar-refractivity contribution is 5.91. The van der Waals surface area contributed by atoms with Gasteiger partial charge < -0.3 is 19.3 Å². The van der Waals surface area contributed by atoms with Crippen LogP contribution in [0.2, 0.25) is 0 Å². The molecule has 4 fully saturated rings. The minimum atomic E-state index is -0.927. The first-order valence-electron chi connectivity index (χ1n) is 15.4. The van der Waals surface area contributed by atoms with Crippen molar-refractivity contribution in [2.75, 3.05) is 14.1 Å². The molecule has 6 nitrogen and oxygen atoms in total. The number of piperidine rings is 2. The minimum absolute atomic E-state index is 0.0149. The van der Waals surface area contributed by atoms with Crippen molar-refractivity contribution in [3.8, 4) is 0 Å². The second kappa shape index (κ2) is 10.3. The smallest absolute Gasteiger partial charge is 0.321 e. The molecule has 4 saturated heterocycles. The molecular weight excluding hydrogens is 500 g/mol. The van der Waals surface area contributed by atoms with Gasteiger partial charge in [0, 0.05) is 24.2 Å². The summed E-state index contributed by atoms with van der Waals surface area (Å²) in [5, 5.41) is 0. The molecule has 2 aromatic carbocycles. The predicted octanol–water partition coefficient (Wildman–Crippen LogP) is 5.19. The number of nitrogens with zero attached hydrogens (tertiary/aromatic N) is 2. The molecule has 7 atom stereocenters.